The Labute approximate surface area is 165 Å². The van der Waals surface area contributed by atoms with Crippen LogP contribution in [-0.4, -0.2) is 17.0 Å². The third kappa shape index (κ3) is 5.84. The van der Waals surface area contributed by atoms with Crippen molar-refractivity contribution in [1.29, 1.82) is 0 Å². The third-order valence-corrected chi connectivity index (χ3v) is 4.04. The molecule has 5 heteroatoms. The Kier molecular flexibility index (Phi) is 6.63. The molecule has 1 amide bonds. The summed E-state index contributed by atoms with van der Waals surface area (Å²) in [4.78, 5) is 16.5. The summed E-state index contributed by atoms with van der Waals surface area (Å²) in [6, 6.07) is 21.4. The third-order valence-electron chi connectivity index (χ3n) is 4.04. The van der Waals surface area contributed by atoms with Gasteiger partial charge in [-0.25, -0.2) is 4.98 Å². The number of carbonyl (C=O) groups is 1. The number of aromatic nitrogens is 1. The molecule has 144 valence electrons. The van der Waals surface area contributed by atoms with Gasteiger partial charge in [0.1, 0.15) is 11.6 Å². The molecule has 0 aliphatic heterocycles. The van der Waals surface area contributed by atoms with Crippen LogP contribution in [0.3, 0.4) is 0 Å². The van der Waals surface area contributed by atoms with E-state index in [1.54, 1.807) is 6.20 Å². The number of benzene rings is 2. The lowest BCUT2D eigenvalue weighted by atomic mass is 10.1. The molecule has 5 nitrogen and oxygen atoms in total. The molecule has 0 atom stereocenters. The molecule has 28 heavy (non-hydrogen) atoms. The summed E-state index contributed by atoms with van der Waals surface area (Å²) in [5.41, 5.74) is 2.68. The quantitative estimate of drug-likeness (QED) is 0.569. The van der Waals surface area contributed by atoms with Gasteiger partial charge in [0.15, 0.2) is 0 Å². The molecule has 2 aromatic carbocycles. The van der Waals surface area contributed by atoms with Crippen molar-refractivity contribution in [2.24, 2.45) is 0 Å². The number of pyridine rings is 1. The fourth-order valence-electron chi connectivity index (χ4n) is 2.73. The molecule has 1 aromatic heterocycles. The van der Waals surface area contributed by atoms with E-state index in [0.29, 0.717) is 24.3 Å². The van der Waals surface area contributed by atoms with Crippen LogP contribution >= 0.6 is 0 Å². The van der Waals surface area contributed by atoms with E-state index in [-0.39, 0.29) is 12.0 Å². The Morgan fingerprint density at radius 2 is 1.75 bits per heavy atom. The lowest BCUT2D eigenvalue weighted by molar-refractivity contribution is -0.116. The van der Waals surface area contributed by atoms with Crippen molar-refractivity contribution in [3.63, 3.8) is 0 Å². The van der Waals surface area contributed by atoms with Crippen LogP contribution in [0, 0.1) is 0 Å². The number of rotatable bonds is 8. The number of hydrogen-bond donors (Lipinski definition) is 2. The highest BCUT2D eigenvalue weighted by molar-refractivity contribution is 5.90. The topological polar surface area (TPSA) is 63.2 Å². The van der Waals surface area contributed by atoms with Gasteiger partial charge in [-0.05, 0) is 50.1 Å². The smallest absolute Gasteiger partial charge is 0.224 e. The van der Waals surface area contributed by atoms with Gasteiger partial charge in [-0.3, -0.25) is 4.79 Å². The minimum absolute atomic E-state index is 0.0259. The summed E-state index contributed by atoms with van der Waals surface area (Å²) in [6.45, 7) is 3.98. The van der Waals surface area contributed by atoms with Crippen LogP contribution in [-0.2, 0) is 11.2 Å². The number of ether oxygens (including phenoxy) is 1. The predicted molar refractivity (Wildman–Crippen MR) is 113 cm³/mol. The van der Waals surface area contributed by atoms with Gasteiger partial charge in [0.25, 0.3) is 0 Å². The number of carbonyl (C=O) groups excluding carboxylic acids is 1. The molecule has 0 aliphatic carbocycles. The zero-order chi connectivity index (χ0) is 19.8. The first-order chi connectivity index (χ1) is 13.6. The van der Waals surface area contributed by atoms with E-state index in [1.807, 2.05) is 80.6 Å². The monoisotopic (exact) mass is 375 g/mol. The van der Waals surface area contributed by atoms with Crippen LogP contribution in [0.2, 0.25) is 0 Å². The number of nitrogens with one attached hydrogen (secondary N) is 2. The lowest BCUT2D eigenvalue weighted by Gasteiger charge is -2.15. The van der Waals surface area contributed by atoms with Crippen LogP contribution in [0.4, 0.5) is 17.2 Å². The van der Waals surface area contributed by atoms with E-state index < -0.39 is 0 Å². The lowest BCUT2D eigenvalue weighted by Crippen LogP contribution is -2.12. The maximum atomic E-state index is 12.1. The SMILES string of the molecule is CC(C)Oc1ccccc1Nc1ccc(NC(=O)CCc2ccccc2)cn1. The van der Waals surface area contributed by atoms with Crippen molar-refractivity contribution in [3.8, 4) is 5.75 Å². The number of hydrogen-bond acceptors (Lipinski definition) is 4. The second-order valence-corrected chi connectivity index (χ2v) is 6.75. The molecule has 0 unspecified atom stereocenters. The summed E-state index contributed by atoms with van der Waals surface area (Å²) in [5, 5.41) is 6.14. The Morgan fingerprint density at radius 1 is 1.00 bits per heavy atom. The molecule has 2 N–H and O–H groups in total. The van der Waals surface area contributed by atoms with Gasteiger partial charge in [0, 0.05) is 6.42 Å². The summed E-state index contributed by atoms with van der Waals surface area (Å²) in [7, 11) is 0. The molecule has 0 spiro atoms. The minimum Gasteiger partial charge on any atom is -0.489 e. The molecule has 1 heterocycles. The molecule has 3 rings (SSSR count). The Morgan fingerprint density at radius 3 is 2.46 bits per heavy atom. The second-order valence-electron chi connectivity index (χ2n) is 6.75. The van der Waals surface area contributed by atoms with E-state index in [9.17, 15) is 4.79 Å². The van der Waals surface area contributed by atoms with Crippen molar-refractivity contribution >= 4 is 23.1 Å². The fourth-order valence-corrected chi connectivity index (χ4v) is 2.73. The maximum Gasteiger partial charge on any atom is 0.224 e. The first kappa shape index (κ1) is 19.4. The summed E-state index contributed by atoms with van der Waals surface area (Å²) >= 11 is 0. The van der Waals surface area contributed by atoms with Gasteiger partial charge in [-0.1, -0.05) is 42.5 Å². The fraction of sp³-hybridized carbons (Fsp3) is 0.217. The van der Waals surface area contributed by atoms with Crippen molar-refractivity contribution in [2.75, 3.05) is 10.6 Å². The molecule has 0 radical (unpaired) electrons. The zero-order valence-electron chi connectivity index (χ0n) is 16.2. The Bertz CT molecular complexity index is 893. The standard InChI is InChI=1S/C23H25N3O2/c1-17(2)28-21-11-7-6-10-20(21)26-22-14-13-19(16-24-22)25-23(27)15-12-18-8-4-3-5-9-18/h3-11,13-14,16-17H,12,15H2,1-2H3,(H,24,26)(H,25,27). The molecule has 0 aliphatic rings. The van der Waals surface area contributed by atoms with Gasteiger partial charge in [0.2, 0.25) is 5.91 Å². The number of aryl methyl sites for hydroxylation is 1. The highest BCUT2D eigenvalue weighted by Gasteiger charge is 2.07. The minimum atomic E-state index is -0.0259. The van der Waals surface area contributed by atoms with Crippen LogP contribution in [0.1, 0.15) is 25.8 Å². The first-order valence-electron chi connectivity index (χ1n) is 9.42. The van der Waals surface area contributed by atoms with Crippen molar-refractivity contribution in [3.05, 3.63) is 78.5 Å². The van der Waals surface area contributed by atoms with Gasteiger partial charge in [-0.15, -0.1) is 0 Å². The summed E-state index contributed by atoms with van der Waals surface area (Å²) in [6.07, 6.45) is 2.88. The number of amides is 1. The first-order valence-corrected chi connectivity index (χ1v) is 9.42. The van der Waals surface area contributed by atoms with E-state index in [2.05, 4.69) is 15.6 Å². The van der Waals surface area contributed by atoms with Gasteiger partial charge in [0.05, 0.1) is 23.7 Å². The highest BCUT2D eigenvalue weighted by atomic mass is 16.5. The zero-order valence-corrected chi connectivity index (χ0v) is 16.2. The van der Waals surface area contributed by atoms with Crippen LogP contribution in [0.5, 0.6) is 5.75 Å². The van der Waals surface area contributed by atoms with Crippen molar-refractivity contribution < 1.29 is 9.53 Å². The van der Waals surface area contributed by atoms with Crippen LogP contribution in [0.15, 0.2) is 72.9 Å². The van der Waals surface area contributed by atoms with E-state index in [1.165, 1.54) is 0 Å². The van der Waals surface area contributed by atoms with Crippen molar-refractivity contribution in [1.82, 2.24) is 4.98 Å². The molecule has 0 fully saturated rings. The van der Waals surface area contributed by atoms with Gasteiger partial charge in [-0.2, -0.15) is 0 Å². The number of para-hydroxylation sites is 2. The normalized spacial score (nSPS) is 10.5. The van der Waals surface area contributed by atoms with Crippen LogP contribution in [0.25, 0.3) is 0 Å². The average molecular weight is 375 g/mol. The maximum absolute atomic E-state index is 12.1. The molecule has 3 aromatic rings. The Hall–Kier alpha value is -3.34. The summed E-state index contributed by atoms with van der Waals surface area (Å²) < 4.78 is 5.81. The van der Waals surface area contributed by atoms with E-state index >= 15 is 0 Å². The largest absolute Gasteiger partial charge is 0.489 e. The Balaban J connectivity index is 1.56. The van der Waals surface area contributed by atoms with Gasteiger partial charge >= 0.3 is 0 Å². The molecular formula is C23H25N3O2. The number of anilines is 3. The molecule has 0 saturated heterocycles. The molecule has 0 bridgehead atoms. The summed E-state index contributed by atoms with van der Waals surface area (Å²) in [5.74, 6) is 1.43. The van der Waals surface area contributed by atoms with Gasteiger partial charge < -0.3 is 15.4 Å². The molecular weight excluding hydrogens is 350 g/mol. The van der Waals surface area contributed by atoms with Crippen LogP contribution < -0.4 is 15.4 Å². The van der Waals surface area contributed by atoms with E-state index in [0.717, 1.165) is 17.0 Å². The van der Waals surface area contributed by atoms with Crippen molar-refractivity contribution in [2.45, 2.75) is 32.8 Å². The highest BCUT2D eigenvalue weighted by Crippen LogP contribution is 2.27. The van der Waals surface area contributed by atoms with E-state index in [4.69, 9.17) is 4.74 Å². The average Bonchev–Trinajstić information content (AvgIpc) is 2.70. The number of nitrogens with zero attached hydrogens (tertiary/aromatic N) is 1. The predicted octanol–water partition coefficient (Wildman–Crippen LogP) is 5.18. The molecule has 0 saturated carbocycles. The second kappa shape index (κ2) is 9.55.